The lowest BCUT2D eigenvalue weighted by Gasteiger charge is -2.30. The van der Waals surface area contributed by atoms with E-state index in [1.807, 2.05) is 30.0 Å². The molecule has 1 amide bonds. The van der Waals surface area contributed by atoms with Crippen LogP contribution in [-0.2, 0) is 11.3 Å². The molecule has 1 saturated heterocycles. The molecular formula is C14H16N2O. The van der Waals surface area contributed by atoms with Crippen molar-refractivity contribution in [3.05, 3.63) is 35.4 Å². The van der Waals surface area contributed by atoms with Gasteiger partial charge in [-0.1, -0.05) is 25.1 Å². The van der Waals surface area contributed by atoms with Crippen LogP contribution in [0.3, 0.4) is 0 Å². The number of benzene rings is 1. The fraction of sp³-hybridized carbons (Fsp3) is 0.429. The Balaban J connectivity index is 2.15. The van der Waals surface area contributed by atoms with Crippen molar-refractivity contribution < 1.29 is 4.79 Å². The lowest BCUT2D eigenvalue weighted by molar-refractivity contribution is -0.138. The first-order chi connectivity index (χ1) is 8.22. The van der Waals surface area contributed by atoms with Crippen LogP contribution >= 0.6 is 0 Å². The third kappa shape index (κ3) is 2.47. The number of piperidine rings is 1. The van der Waals surface area contributed by atoms with Gasteiger partial charge in [0.05, 0.1) is 11.6 Å². The minimum atomic E-state index is 0.123. The predicted octanol–water partition coefficient (Wildman–Crippen LogP) is 2.32. The maximum absolute atomic E-state index is 12.0. The van der Waals surface area contributed by atoms with Crippen LogP contribution in [0.2, 0.25) is 0 Å². The largest absolute Gasteiger partial charge is 0.338 e. The van der Waals surface area contributed by atoms with Crippen molar-refractivity contribution in [2.45, 2.75) is 26.3 Å². The number of amides is 1. The second-order valence-corrected chi connectivity index (χ2v) is 4.57. The van der Waals surface area contributed by atoms with Crippen LogP contribution in [0, 0.1) is 17.2 Å². The van der Waals surface area contributed by atoms with Crippen LogP contribution in [-0.4, -0.2) is 17.4 Å². The quantitative estimate of drug-likeness (QED) is 0.779. The summed E-state index contributed by atoms with van der Waals surface area (Å²) < 4.78 is 0. The molecule has 1 aliphatic heterocycles. The molecule has 1 aromatic rings. The zero-order valence-corrected chi connectivity index (χ0v) is 10.0. The fourth-order valence-electron chi connectivity index (χ4n) is 2.26. The highest BCUT2D eigenvalue weighted by molar-refractivity contribution is 5.79. The summed E-state index contributed by atoms with van der Waals surface area (Å²) in [5.74, 6) is 0.335. The average Bonchev–Trinajstić information content (AvgIpc) is 2.35. The molecule has 0 radical (unpaired) electrons. The van der Waals surface area contributed by atoms with Gasteiger partial charge in [0, 0.05) is 19.0 Å². The molecule has 0 saturated carbocycles. The summed E-state index contributed by atoms with van der Waals surface area (Å²) in [6.07, 6.45) is 2.04. The predicted molar refractivity (Wildman–Crippen MR) is 65.0 cm³/mol. The van der Waals surface area contributed by atoms with Crippen LogP contribution in [0.15, 0.2) is 24.3 Å². The molecule has 1 fully saturated rings. The van der Waals surface area contributed by atoms with Crippen molar-refractivity contribution in [3.8, 4) is 6.07 Å². The first-order valence-electron chi connectivity index (χ1n) is 5.99. The van der Waals surface area contributed by atoms with Crippen molar-refractivity contribution >= 4 is 5.91 Å². The number of rotatable bonds is 2. The van der Waals surface area contributed by atoms with Gasteiger partial charge in [-0.05, 0) is 24.5 Å². The van der Waals surface area contributed by atoms with Crippen molar-refractivity contribution in [3.63, 3.8) is 0 Å². The number of hydrogen-bond donors (Lipinski definition) is 0. The van der Waals surface area contributed by atoms with Gasteiger partial charge in [0.2, 0.25) is 5.91 Å². The SMILES string of the molecule is CC1CCCN(Cc2ccccc2C#N)C1=O. The lowest BCUT2D eigenvalue weighted by Crippen LogP contribution is -2.39. The second-order valence-electron chi connectivity index (χ2n) is 4.57. The van der Waals surface area contributed by atoms with Gasteiger partial charge >= 0.3 is 0 Å². The van der Waals surface area contributed by atoms with Crippen LogP contribution < -0.4 is 0 Å². The van der Waals surface area contributed by atoms with Gasteiger partial charge in [0.1, 0.15) is 0 Å². The van der Waals surface area contributed by atoms with E-state index in [0.29, 0.717) is 12.1 Å². The summed E-state index contributed by atoms with van der Waals surface area (Å²) in [6.45, 7) is 3.35. The van der Waals surface area contributed by atoms with Crippen LogP contribution in [0.5, 0.6) is 0 Å². The normalized spacial score (nSPS) is 20.1. The summed E-state index contributed by atoms with van der Waals surface area (Å²) in [4.78, 5) is 13.8. The van der Waals surface area contributed by atoms with Crippen molar-refractivity contribution in [1.29, 1.82) is 5.26 Å². The smallest absolute Gasteiger partial charge is 0.225 e. The third-order valence-corrected chi connectivity index (χ3v) is 3.30. The molecule has 0 spiro atoms. The molecule has 2 rings (SSSR count). The van der Waals surface area contributed by atoms with E-state index in [1.165, 1.54) is 0 Å². The van der Waals surface area contributed by atoms with Crippen molar-refractivity contribution in [1.82, 2.24) is 4.90 Å². The molecular weight excluding hydrogens is 212 g/mol. The maximum Gasteiger partial charge on any atom is 0.225 e. The summed E-state index contributed by atoms with van der Waals surface area (Å²) in [5, 5.41) is 9.01. The van der Waals surface area contributed by atoms with Gasteiger partial charge < -0.3 is 4.90 Å². The highest BCUT2D eigenvalue weighted by atomic mass is 16.2. The number of likely N-dealkylation sites (tertiary alicyclic amines) is 1. The number of hydrogen-bond acceptors (Lipinski definition) is 2. The second kappa shape index (κ2) is 5.01. The molecule has 0 N–H and O–H groups in total. The molecule has 1 atom stereocenters. The summed E-state index contributed by atoms with van der Waals surface area (Å²) in [6, 6.07) is 9.65. The Bertz CT molecular complexity index is 462. The maximum atomic E-state index is 12.0. The zero-order chi connectivity index (χ0) is 12.3. The van der Waals surface area contributed by atoms with E-state index in [-0.39, 0.29) is 11.8 Å². The van der Waals surface area contributed by atoms with Crippen molar-refractivity contribution in [2.24, 2.45) is 5.92 Å². The topological polar surface area (TPSA) is 44.1 Å². The Morgan fingerprint density at radius 2 is 2.24 bits per heavy atom. The molecule has 3 heteroatoms. The van der Waals surface area contributed by atoms with E-state index in [0.717, 1.165) is 24.9 Å². The molecule has 1 unspecified atom stereocenters. The molecule has 0 aromatic heterocycles. The summed E-state index contributed by atoms with van der Waals surface area (Å²) in [7, 11) is 0. The van der Waals surface area contributed by atoms with Gasteiger partial charge in [-0.3, -0.25) is 4.79 Å². The Kier molecular flexibility index (Phi) is 3.43. The molecule has 3 nitrogen and oxygen atoms in total. The van der Waals surface area contributed by atoms with Gasteiger partial charge in [0.25, 0.3) is 0 Å². The Morgan fingerprint density at radius 3 is 3.00 bits per heavy atom. The first kappa shape index (κ1) is 11.7. The highest BCUT2D eigenvalue weighted by Gasteiger charge is 2.25. The molecule has 1 aromatic carbocycles. The average molecular weight is 228 g/mol. The molecule has 0 bridgehead atoms. The fourth-order valence-corrected chi connectivity index (χ4v) is 2.26. The summed E-state index contributed by atoms with van der Waals surface area (Å²) in [5.41, 5.74) is 1.61. The minimum Gasteiger partial charge on any atom is -0.338 e. The van der Waals surface area contributed by atoms with Crippen LogP contribution in [0.1, 0.15) is 30.9 Å². The number of nitriles is 1. The summed E-state index contributed by atoms with van der Waals surface area (Å²) >= 11 is 0. The first-order valence-corrected chi connectivity index (χ1v) is 5.99. The van der Waals surface area contributed by atoms with Crippen LogP contribution in [0.4, 0.5) is 0 Å². The molecule has 17 heavy (non-hydrogen) atoms. The lowest BCUT2D eigenvalue weighted by atomic mass is 9.98. The Hall–Kier alpha value is -1.82. The molecule has 1 aliphatic rings. The molecule has 1 heterocycles. The van der Waals surface area contributed by atoms with Gasteiger partial charge in [-0.2, -0.15) is 5.26 Å². The van der Waals surface area contributed by atoms with Gasteiger partial charge in [-0.15, -0.1) is 0 Å². The van der Waals surface area contributed by atoms with E-state index in [1.54, 1.807) is 6.07 Å². The standard InChI is InChI=1S/C14H16N2O/c1-11-5-4-8-16(14(11)17)10-13-7-3-2-6-12(13)9-15/h2-3,6-7,11H,4-5,8,10H2,1H3. The number of carbonyl (C=O) groups is 1. The van der Waals surface area contributed by atoms with Crippen LogP contribution in [0.25, 0.3) is 0 Å². The number of nitrogens with zero attached hydrogens (tertiary/aromatic N) is 2. The van der Waals surface area contributed by atoms with E-state index in [9.17, 15) is 4.79 Å². The molecule has 88 valence electrons. The van der Waals surface area contributed by atoms with Gasteiger partial charge in [0.15, 0.2) is 0 Å². The molecule has 0 aliphatic carbocycles. The van der Waals surface area contributed by atoms with E-state index in [4.69, 9.17) is 5.26 Å². The van der Waals surface area contributed by atoms with E-state index in [2.05, 4.69) is 6.07 Å². The minimum absolute atomic E-state index is 0.123. The highest BCUT2D eigenvalue weighted by Crippen LogP contribution is 2.20. The number of carbonyl (C=O) groups excluding carboxylic acids is 1. The zero-order valence-electron chi connectivity index (χ0n) is 10.0. The van der Waals surface area contributed by atoms with Crippen molar-refractivity contribution in [2.75, 3.05) is 6.54 Å². The Labute approximate surface area is 102 Å². The monoisotopic (exact) mass is 228 g/mol. The van der Waals surface area contributed by atoms with E-state index < -0.39 is 0 Å². The third-order valence-electron chi connectivity index (χ3n) is 3.30. The van der Waals surface area contributed by atoms with E-state index >= 15 is 0 Å². The Morgan fingerprint density at radius 1 is 1.47 bits per heavy atom. The van der Waals surface area contributed by atoms with Gasteiger partial charge in [-0.25, -0.2) is 0 Å².